The Morgan fingerprint density at radius 3 is 2.33 bits per heavy atom. The van der Waals surface area contributed by atoms with Gasteiger partial charge in [-0.15, -0.1) is 0 Å². The van der Waals surface area contributed by atoms with Crippen LogP contribution in [-0.4, -0.2) is 24.0 Å². The lowest BCUT2D eigenvalue weighted by molar-refractivity contribution is 0.0398. The number of rotatable bonds is 2. The Hall–Kier alpha value is -0.0400. The second-order valence-electron chi connectivity index (χ2n) is 4.45. The SMILES string of the molecule is CCC1(CC)CC(C)CCN1C. The van der Waals surface area contributed by atoms with E-state index in [9.17, 15) is 0 Å². The molecule has 1 heteroatoms. The first kappa shape index (κ1) is 10.0. The van der Waals surface area contributed by atoms with Gasteiger partial charge in [0.15, 0.2) is 0 Å². The second kappa shape index (κ2) is 3.78. The van der Waals surface area contributed by atoms with Crippen LogP contribution in [0.2, 0.25) is 0 Å². The van der Waals surface area contributed by atoms with Gasteiger partial charge in [-0.25, -0.2) is 0 Å². The van der Waals surface area contributed by atoms with Crippen molar-refractivity contribution in [3.63, 3.8) is 0 Å². The first-order valence-electron chi connectivity index (χ1n) is 5.36. The molecule has 1 saturated heterocycles. The summed E-state index contributed by atoms with van der Waals surface area (Å²) in [5.74, 6) is 0.932. The van der Waals surface area contributed by atoms with Crippen molar-refractivity contribution in [2.75, 3.05) is 13.6 Å². The molecule has 12 heavy (non-hydrogen) atoms. The zero-order valence-corrected chi connectivity index (χ0v) is 9.06. The van der Waals surface area contributed by atoms with Crippen molar-refractivity contribution in [2.45, 2.75) is 52.0 Å². The van der Waals surface area contributed by atoms with Crippen molar-refractivity contribution in [3.8, 4) is 0 Å². The third-order valence-corrected chi connectivity index (χ3v) is 3.81. The van der Waals surface area contributed by atoms with Crippen LogP contribution in [0.25, 0.3) is 0 Å². The van der Waals surface area contributed by atoms with Gasteiger partial charge in [-0.1, -0.05) is 20.8 Å². The maximum atomic E-state index is 2.58. The van der Waals surface area contributed by atoms with E-state index in [1.807, 2.05) is 0 Å². The Labute approximate surface area is 77.1 Å². The maximum absolute atomic E-state index is 2.58. The first-order chi connectivity index (χ1) is 5.64. The third kappa shape index (κ3) is 1.66. The molecule has 0 spiro atoms. The molecule has 1 aliphatic heterocycles. The third-order valence-electron chi connectivity index (χ3n) is 3.81. The van der Waals surface area contributed by atoms with Gasteiger partial charge in [0.05, 0.1) is 0 Å². The number of likely N-dealkylation sites (tertiary alicyclic amines) is 1. The van der Waals surface area contributed by atoms with Crippen LogP contribution in [-0.2, 0) is 0 Å². The summed E-state index contributed by atoms with van der Waals surface area (Å²) < 4.78 is 0. The second-order valence-corrected chi connectivity index (χ2v) is 4.45. The minimum Gasteiger partial charge on any atom is -0.301 e. The van der Waals surface area contributed by atoms with Gasteiger partial charge in [-0.05, 0) is 45.2 Å². The molecule has 1 rings (SSSR count). The predicted octanol–water partition coefficient (Wildman–Crippen LogP) is 2.91. The summed E-state index contributed by atoms with van der Waals surface area (Å²) in [7, 11) is 2.29. The highest BCUT2D eigenvalue weighted by Gasteiger charge is 2.35. The molecular formula is C11H23N. The van der Waals surface area contributed by atoms with E-state index >= 15 is 0 Å². The molecule has 0 aromatic rings. The molecule has 1 fully saturated rings. The van der Waals surface area contributed by atoms with Crippen LogP contribution in [0.4, 0.5) is 0 Å². The summed E-state index contributed by atoms with van der Waals surface area (Å²) in [5.41, 5.74) is 0.525. The lowest BCUT2D eigenvalue weighted by Gasteiger charge is -2.47. The molecule has 0 bridgehead atoms. The van der Waals surface area contributed by atoms with Gasteiger partial charge < -0.3 is 4.90 Å². The normalized spacial score (nSPS) is 30.5. The Bertz CT molecular complexity index is 138. The number of hydrogen-bond donors (Lipinski definition) is 0. The van der Waals surface area contributed by atoms with E-state index in [0.717, 1.165) is 5.92 Å². The molecule has 0 aromatic carbocycles. The fourth-order valence-corrected chi connectivity index (χ4v) is 2.64. The standard InChI is InChI=1S/C11H23N/c1-5-11(6-2)9-10(3)7-8-12(11)4/h10H,5-9H2,1-4H3. The van der Waals surface area contributed by atoms with Crippen molar-refractivity contribution < 1.29 is 0 Å². The zero-order valence-electron chi connectivity index (χ0n) is 9.06. The number of piperidine rings is 1. The van der Waals surface area contributed by atoms with Gasteiger partial charge in [0, 0.05) is 5.54 Å². The van der Waals surface area contributed by atoms with Crippen molar-refractivity contribution >= 4 is 0 Å². The van der Waals surface area contributed by atoms with Gasteiger partial charge in [0.1, 0.15) is 0 Å². The van der Waals surface area contributed by atoms with E-state index in [0.29, 0.717) is 5.54 Å². The van der Waals surface area contributed by atoms with Crippen molar-refractivity contribution in [1.82, 2.24) is 4.90 Å². The van der Waals surface area contributed by atoms with E-state index in [1.165, 1.54) is 32.2 Å². The van der Waals surface area contributed by atoms with Crippen LogP contribution in [0.5, 0.6) is 0 Å². The molecule has 0 N–H and O–H groups in total. The summed E-state index contributed by atoms with van der Waals surface area (Å²) in [6.07, 6.45) is 5.41. The molecule has 72 valence electrons. The Balaban J connectivity index is 2.68. The highest BCUT2D eigenvalue weighted by atomic mass is 15.2. The topological polar surface area (TPSA) is 3.24 Å². The molecule has 0 radical (unpaired) electrons. The predicted molar refractivity (Wildman–Crippen MR) is 54.3 cm³/mol. The summed E-state index contributed by atoms with van der Waals surface area (Å²) in [5, 5.41) is 0. The van der Waals surface area contributed by atoms with Crippen molar-refractivity contribution in [3.05, 3.63) is 0 Å². The molecule has 0 amide bonds. The highest BCUT2D eigenvalue weighted by molar-refractivity contribution is 4.91. The summed E-state index contributed by atoms with van der Waals surface area (Å²) in [6.45, 7) is 8.35. The Morgan fingerprint density at radius 1 is 1.33 bits per heavy atom. The molecule has 0 saturated carbocycles. The summed E-state index contributed by atoms with van der Waals surface area (Å²) >= 11 is 0. The smallest absolute Gasteiger partial charge is 0.0203 e. The van der Waals surface area contributed by atoms with Gasteiger partial charge in [-0.2, -0.15) is 0 Å². The minimum absolute atomic E-state index is 0.525. The van der Waals surface area contributed by atoms with Crippen LogP contribution in [0.3, 0.4) is 0 Å². The van der Waals surface area contributed by atoms with Crippen molar-refractivity contribution in [1.29, 1.82) is 0 Å². The maximum Gasteiger partial charge on any atom is 0.0203 e. The average Bonchev–Trinajstić information content (AvgIpc) is 2.09. The molecule has 1 atom stereocenters. The first-order valence-corrected chi connectivity index (χ1v) is 5.36. The van der Waals surface area contributed by atoms with E-state index in [2.05, 4.69) is 32.7 Å². The molecule has 1 heterocycles. The van der Waals surface area contributed by atoms with E-state index in [4.69, 9.17) is 0 Å². The minimum atomic E-state index is 0.525. The molecular weight excluding hydrogens is 146 g/mol. The zero-order chi connectivity index (χ0) is 9.19. The van der Waals surface area contributed by atoms with Crippen LogP contribution in [0.15, 0.2) is 0 Å². The lowest BCUT2D eigenvalue weighted by atomic mass is 9.78. The fourth-order valence-electron chi connectivity index (χ4n) is 2.64. The van der Waals surface area contributed by atoms with Crippen LogP contribution in [0, 0.1) is 5.92 Å². The molecule has 0 aromatic heterocycles. The number of nitrogens with zero attached hydrogens (tertiary/aromatic N) is 1. The van der Waals surface area contributed by atoms with Crippen molar-refractivity contribution in [2.24, 2.45) is 5.92 Å². The molecule has 1 unspecified atom stereocenters. The monoisotopic (exact) mass is 169 g/mol. The molecule has 1 aliphatic rings. The quantitative estimate of drug-likeness (QED) is 0.614. The largest absolute Gasteiger partial charge is 0.301 e. The van der Waals surface area contributed by atoms with Gasteiger partial charge in [-0.3, -0.25) is 0 Å². The van der Waals surface area contributed by atoms with E-state index in [1.54, 1.807) is 0 Å². The highest BCUT2D eigenvalue weighted by Crippen LogP contribution is 2.35. The molecule has 1 nitrogen and oxygen atoms in total. The van der Waals surface area contributed by atoms with E-state index < -0.39 is 0 Å². The van der Waals surface area contributed by atoms with Crippen LogP contribution >= 0.6 is 0 Å². The average molecular weight is 169 g/mol. The Morgan fingerprint density at radius 2 is 1.92 bits per heavy atom. The Kier molecular flexibility index (Phi) is 3.16. The van der Waals surface area contributed by atoms with Crippen LogP contribution < -0.4 is 0 Å². The van der Waals surface area contributed by atoms with Gasteiger partial charge in [0.2, 0.25) is 0 Å². The lowest BCUT2D eigenvalue weighted by Crippen LogP contribution is -2.50. The number of hydrogen-bond acceptors (Lipinski definition) is 1. The van der Waals surface area contributed by atoms with Crippen LogP contribution in [0.1, 0.15) is 46.5 Å². The summed E-state index contributed by atoms with van der Waals surface area (Å²) in [4.78, 5) is 2.58. The van der Waals surface area contributed by atoms with E-state index in [-0.39, 0.29) is 0 Å². The fraction of sp³-hybridized carbons (Fsp3) is 1.00. The molecule has 0 aliphatic carbocycles. The van der Waals surface area contributed by atoms with Gasteiger partial charge in [0.25, 0.3) is 0 Å². The summed E-state index contributed by atoms with van der Waals surface area (Å²) in [6, 6.07) is 0. The van der Waals surface area contributed by atoms with Gasteiger partial charge >= 0.3 is 0 Å².